The highest BCUT2D eigenvalue weighted by Gasteiger charge is 2.16. The number of carbonyl (C=O) groups excluding carboxylic acids is 2. The van der Waals surface area contributed by atoms with Crippen molar-refractivity contribution in [2.75, 3.05) is 19.0 Å². The Morgan fingerprint density at radius 1 is 1.03 bits per heavy atom. The van der Waals surface area contributed by atoms with Crippen LogP contribution in [0.15, 0.2) is 72.8 Å². The fourth-order valence-electron chi connectivity index (χ4n) is 2.73. The first-order valence-electron chi connectivity index (χ1n) is 9.19. The highest BCUT2D eigenvalue weighted by Crippen LogP contribution is 2.24. The Morgan fingerprint density at radius 3 is 2.43 bits per heavy atom. The molecule has 0 unspecified atom stereocenters. The van der Waals surface area contributed by atoms with Crippen LogP contribution in [0.5, 0.6) is 5.75 Å². The third-order valence-corrected chi connectivity index (χ3v) is 4.56. The molecule has 154 valence electrons. The van der Waals surface area contributed by atoms with Crippen molar-refractivity contribution in [3.63, 3.8) is 0 Å². The maximum Gasteiger partial charge on any atom is 0.260 e. The molecule has 0 radical (unpaired) electrons. The van der Waals surface area contributed by atoms with Crippen LogP contribution < -0.4 is 10.1 Å². The Balaban J connectivity index is 1.65. The topological polar surface area (TPSA) is 58.6 Å². The quantitative estimate of drug-likeness (QED) is 0.592. The van der Waals surface area contributed by atoms with Gasteiger partial charge in [-0.1, -0.05) is 41.9 Å². The summed E-state index contributed by atoms with van der Waals surface area (Å²) in [7, 11) is 1.62. The molecule has 0 saturated heterocycles. The standard InChI is InChI=1S/C23H20ClFN2O3/c1-27(14-16-7-10-18(25)11-8-16)22(28)15-30-21-12-9-17(24)13-20(21)23(29)26-19-5-3-2-4-6-19/h2-13H,14-15H2,1H3,(H,26,29). The van der Waals surface area contributed by atoms with E-state index in [1.807, 2.05) is 6.07 Å². The number of anilines is 1. The summed E-state index contributed by atoms with van der Waals surface area (Å²) in [5.41, 5.74) is 1.64. The van der Waals surface area contributed by atoms with Crippen LogP contribution in [0.4, 0.5) is 10.1 Å². The van der Waals surface area contributed by atoms with Gasteiger partial charge in [0.1, 0.15) is 11.6 Å². The fraction of sp³-hybridized carbons (Fsp3) is 0.130. The number of rotatable bonds is 7. The molecular weight excluding hydrogens is 407 g/mol. The lowest BCUT2D eigenvalue weighted by atomic mass is 10.1. The summed E-state index contributed by atoms with van der Waals surface area (Å²) in [4.78, 5) is 26.6. The number of ether oxygens (including phenoxy) is 1. The highest BCUT2D eigenvalue weighted by molar-refractivity contribution is 6.31. The van der Waals surface area contributed by atoms with Crippen molar-refractivity contribution in [3.05, 3.63) is 94.8 Å². The number of nitrogens with zero attached hydrogens (tertiary/aromatic N) is 1. The molecule has 0 saturated carbocycles. The zero-order chi connectivity index (χ0) is 21.5. The zero-order valence-corrected chi connectivity index (χ0v) is 17.0. The third-order valence-electron chi connectivity index (χ3n) is 4.33. The number of benzene rings is 3. The van der Waals surface area contributed by atoms with Gasteiger partial charge in [-0.15, -0.1) is 0 Å². The van der Waals surface area contributed by atoms with Crippen LogP contribution in [0.1, 0.15) is 15.9 Å². The number of halogens is 2. The van der Waals surface area contributed by atoms with Crippen molar-refractivity contribution in [3.8, 4) is 5.75 Å². The van der Waals surface area contributed by atoms with Crippen LogP contribution in [0, 0.1) is 5.82 Å². The molecule has 30 heavy (non-hydrogen) atoms. The lowest BCUT2D eigenvalue weighted by Gasteiger charge is -2.18. The Kier molecular flexibility index (Phi) is 7.03. The van der Waals surface area contributed by atoms with Gasteiger partial charge in [-0.25, -0.2) is 4.39 Å². The minimum atomic E-state index is -0.397. The number of carbonyl (C=O) groups is 2. The van der Waals surface area contributed by atoms with Crippen LogP contribution in [-0.4, -0.2) is 30.4 Å². The molecule has 0 spiro atoms. The van der Waals surface area contributed by atoms with Crippen molar-refractivity contribution in [2.24, 2.45) is 0 Å². The molecule has 1 N–H and O–H groups in total. The van der Waals surface area contributed by atoms with Gasteiger partial charge >= 0.3 is 0 Å². The second-order valence-corrected chi connectivity index (χ2v) is 7.06. The van der Waals surface area contributed by atoms with E-state index in [4.69, 9.17) is 16.3 Å². The minimum absolute atomic E-state index is 0.223. The summed E-state index contributed by atoms with van der Waals surface area (Å²) in [6, 6.07) is 19.5. The molecule has 0 aliphatic carbocycles. The highest BCUT2D eigenvalue weighted by atomic mass is 35.5. The maximum absolute atomic E-state index is 13.0. The molecule has 0 fully saturated rings. The average Bonchev–Trinajstić information content (AvgIpc) is 2.74. The van der Waals surface area contributed by atoms with Gasteiger partial charge in [0.2, 0.25) is 0 Å². The largest absolute Gasteiger partial charge is 0.483 e. The predicted molar refractivity (Wildman–Crippen MR) is 114 cm³/mol. The predicted octanol–water partition coefficient (Wildman–Crippen LogP) is 4.77. The molecule has 7 heteroatoms. The second-order valence-electron chi connectivity index (χ2n) is 6.63. The van der Waals surface area contributed by atoms with Crippen LogP contribution in [-0.2, 0) is 11.3 Å². The van der Waals surface area contributed by atoms with Crippen molar-refractivity contribution in [2.45, 2.75) is 6.54 Å². The first kappa shape index (κ1) is 21.3. The second kappa shape index (κ2) is 9.89. The van der Waals surface area contributed by atoms with E-state index in [1.165, 1.54) is 23.1 Å². The molecule has 0 atom stereocenters. The monoisotopic (exact) mass is 426 g/mol. The van der Waals surface area contributed by atoms with Gasteiger partial charge in [0.15, 0.2) is 6.61 Å². The fourth-order valence-corrected chi connectivity index (χ4v) is 2.90. The minimum Gasteiger partial charge on any atom is -0.483 e. The van der Waals surface area contributed by atoms with Gasteiger partial charge in [-0.05, 0) is 48.0 Å². The van der Waals surface area contributed by atoms with Gasteiger partial charge in [-0.2, -0.15) is 0 Å². The van der Waals surface area contributed by atoms with E-state index in [0.29, 0.717) is 17.3 Å². The smallest absolute Gasteiger partial charge is 0.260 e. The van der Waals surface area contributed by atoms with E-state index >= 15 is 0 Å². The van der Waals surface area contributed by atoms with E-state index in [9.17, 15) is 14.0 Å². The van der Waals surface area contributed by atoms with Crippen molar-refractivity contribution >= 4 is 29.1 Å². The van der Waals surface area contributed by atoms with Crippen molar-refractivity contribution in [1.82, 2.24) is 4.90 Å². The normalized spacial score (nSPS) is 10.4. The van der Waals surface area contributed by atoms with Gasteiger partial charge in [0.25, 0.3) is 11.8 Å². The van der Waals surface area contributed by atoms with E-state index in [1.54, 1.807) is 55.6 Å². The van der Waals surface area contributed by atoms with Crippen LogP contribution >= 0.6 is 11.6 Å². The third kappa shape index (κ3) is 5.81. The van der Waals surface area contributed by atoms with Gasteiger partial charge in [-0.3, -0.25) is 9.59 Å². The van der Waals surface area contributed by atoms with Crippen molar-refractivity contribution < 1.29 is 18.7 Å². The summed E-state index contributed by atoms with van der Waals surface area (Å²) in [6.07, 6.45) is 0. The number of para-hydroxylation sites is 1. The van der Waals surface area contributed by atoms with Gasteiger partial charge in [0, 0.05) is 24.3 Å². The first-order valence-corrected chi connectivity index (χ1v) is 9.57. The molecule has 3 rings (SSSR count). The van der Waals surface area contributed by atoms with E-state index in [-0.39, 0.29) is 29.6 Å². The maximum atomic E-state index is 13.0. The van der Waals surface area contributed by atoms with E-state index in [0.717, 1.165) is 5.56 Å². The van der Waals surface area contributed by atoms with E-state index in [2.05, 4.69) is 5.32 Å². The molecule has 0 heterocycles. The van der Waals surface area contributed by atoms with E-state index < -0.39 is 5.91 Å². The summed E-state index contributed by atoms with van der Waals surface area (Å²) in [5.74, 6) is -0.772. The molecule has 3 aromatic rings. The Morgan fingerprint density at radius 2 is 1.73 bits per heavy atom. The lowest BCUT2D eigenvalue weighted by molar-refractivity contribution is -0.132. The van der Waals surface area contributed by atoms with Crippen molar-refractivity contribution in [1.29, 1.82) is 0 Å². The zero-order valence-electron chi connectivity index (χ0n) is 16.3. The molecule has 0 aromatic heterocycles. The first-order chi connectivity index (χ1) is 14.4. The summed E-state index contributed by atoms with van der Waals surface area (Å²) in [5, 5.41) is 3.15. The number of likely N-dealkylation sites (N-methyl/N-ethyl adjacent to an activating group) is 1. The van der Waals surface area contributed by atoms with Crippen LogP contribution in [0.3, 0.4) is 0 Å². The SMILES string of the molecule is CN(Cc1ccc(F)cc1)C(=O)COc1ccc(Cl)cc1C(=O)Nc1ccccc1. The Bertz CT molecular complexity index is 1030. The Labute approximate surface area is 179 Å². The lowest BCUT2D eigenvalue weighted by Crippen LogP contribution is -2.31. The van der Waals surface area contributed by atoms with Gasteiger partial charge in [0.05, 0.1) is 5.56 Å². The number of hydrogen-bond donors (Lipinski definition) is 1. The number of amides is 2. The van der Waals surface area contributed by atoms with Crippen LogP contribution in [0.25, 0.3) is 0 Å². The molecule has 0 aliphatic rings. The molecule has 2 amide bonds. The van der Waals surface area contributed by atoms with Gasteiger partial charge < -0.3 is 15.0 Å². The molecule has 0 aliphatic heterocycles. The molecular formula is C23H20ClFN2O3. The number of nitrogens with one attached hydrogen (secondary N) is 1. The number of hydrogen-bond acceptors (Lipinski definition) is 3. The molecule has 5 nitrogen and oxygen atoms in total. The van der Waals surface area contributed by atoms with Crippen LogP contribution in [0.2, 0.25) is 5.02 Å². The summed E-state index contributed by atoms with van der Waals surface area (Å²) >= 11 is 6.04. The summed E-state index contributed by atoms with van der Waals surface area (Å²) < 4.78 is 18.6. The molecule has 3 aromatic carbocycles. The molecule has 0 bridgehead atoms. The Hall–Kier alpha value is -3.38. The summed E-state index contributed by atoms with van der Waals surface area (Å²) in [6.45, 7) is 0.0510. The average molecular weight is 427 g/mol.